The van der Waals surface area contributed by atoms with E-state index in [1.807, 2.05) is 30.3 Å². The van der Waals surface area contributed by atoms with Crippen LogP contribution in [0, 0.1) is 11.3 Å². The minimum atomic E-state index is -0.357. The van der Waals surface area contributed by atoms with Crippen molar-refractivity contribution in [2.45, 2.75) is 12.6 Å². The summed E-state index contributed by atoms with van der Waals surface area (Å²) in [6.45, 7) is 2.24. The number of hydrogen-bond acceptors (Lipinski definition) is 5. The molecule has 4 rings (SSSR count). The summed E-state index contributed by atoms with van der Waals surface area (Å²) < 4.78 is 5.07. The fraction of sp³-hybridized carbons (Fsp3) is 0.208. The number of anilines is 1. The first-order valence-electron chi connectivity index (χ1n) is 10.1. The number of nitrogens with one attached hydrogen (secondary N) is 1. The van der Waals surface area contributed by atoms with Gasteiger partial charge < -0.3 is 14.6 Å². The van der Waals surface area contributed by atoms with Crippen LogP contribution in [0.5, 0.6) is 0 Å². The lowest BCUT2D eigenvalue weighted by Gasteiger charge is -2.38. The zero-order chi connectivity index (χ0) is 21.6. The maximum Gasteiger partial charge on any atom is 0.291 e. The second-order valence-electron chi connectivity index (χ2n) is 7.36. The lowest BCUT2D eigenvalue weighted by Crippen LogP contribution is -2.53. The summed E-state index contributed by atoms with van der Waals surface area (Å²) in [6, 6.07) is 21.9. The molecular weight excluding hydrogens is 392 g/mol. The van der Waals surface area contributed by atoms with Gasteiger partial charge in [-0.2, -0.15) is 5.26 Å². The molecule has 7 nitrogen and oxygen atoms in total. The smallest absolute Gasteiger partial charge is 0.291 e. The van der Waals surface area contributed by atoms with Crippen LogP contribution < -0.4 is 5.32 Å². The fourth-order valence-electron chi connectivity index (χ4n) is 3.61. The molecular formula is C24H22N4O3. The molecule has 0 saturated carbocycles. The van der Waals surface area contributed by atoms with Crippen LogP contribution in [0.3, 0.4) is 0 Å². The van der Waals surface area contributed by atoms with Crippen molar-refractivity contribution in [2.75, 3.05) is 25.0 Å². The summed E-state index contributed by atoms with van der Waals surface area (Å²) in [7, 11) is 0. The number of carbonyl (C=O) groups excluding carboxylic acids is 2. The van der Waals surface area contributed by atoms with Gasteiger partial charge in [0.2, 0.25) is 0 Å². The summed E-state index contributed by atoms with van der Waals surface area (Å²) in [5.41, 5.74) is 2.24. The Bertz CT molecular complexity index is 1070. The van der Waals surface area contributed by atoms with Crippen molar-refractivity contribution in [3.63, 3.8) is 0 Å². The molecule has 0 radical (unpaired) electrons. The van der Waals surface area contributed by atoms with Gasteiger partial charge in [0.05, 0.1) is 12.3 Å². The highest BCUT2D eigenvalue weighted by molar-refractivity contribution is 6.02. The Morgan fingerprint density at radius 1 is 1.03 bits per heavy atom. The van der Waals surface area contributed by atoms with E-state index in [0.717, 1.165) is 5.56 Å². The lowest BCUT2D eigenvalue weighted by molar-refractivity contribution is 0.0552. The number of piperazine rings is 1. The van der Waals surface area contributed by atoms with E-state index in [1.165, 1.54) is 6.26 Å². The van der Waals surface area contributed by atoms with Gasteiger partial charge in [-0.15, -0.1) is 0 Å². The van der Waals surface area contributed by atoms with Crippen molar-refractivity contribution in [3.05, 3.63) is 89.9 Å². The van der Waals surface area contributed by atoms with Crippen molar-refractivity contribution >= 4 is 17.5 Å². The van der Waals surface area contributed by atoms with Gasteiger partial charge in [0, 0.05) is 37.4 Å². The van der Waals surface area contributed by atoms with Crippen LogP contribution >= 0.6 is 0 Å². The predicted octanol–water partition coefficient (Wildman–Crippen LogP) is 3.38. The minimum absolute atomic E-state index is 0.122. The van der Waals surface area contributed by atoms with E-state index in [1.54, 1.807) is 41.3 Å². The van der Waals surface area contributed by atoms with E-state index in [-0.39, 0.29) is 23.6 Å². The highest BCUT2D eigenvalue weighted by Crippen LogP contribution is 2.18. The van der Waals surface area contributed by atoms with Crippen molar-refractivity contribution in [1.82, 2.24) is 9.80 Å². The number of rotatable bonds is 5. The van der Waals surface area contributed by atoms with Crippen LogP contribution in [0.15, 0.2) is 77.4 Å². The first-order valence-corrected chi connectivity index (χ1v) is 10.1. The van der Waals surface area contributed by atoms with Crippen LogP contribution in [0.4, 0.5) is 5.69 Å². The van der Waals surface area contributed by atoms with Crippen molar-refractivity contribution in [2.24, 2.45) is 0 Å². The maximum atomic E-state index is 12.9. The molecule has 156 valence electrons. The SMILES string of the molecule is N#CC1CN(C(=O)c2ccc(NC(=O)c3ccco3)cc2)CCN1Cc1ccccc1. The zero-order valence-corrected chi connectivity index (χ0v) is 16.9. The van der Waals surface area contributed by atoms with Crippen molar-refractivity contribution in [1.29, 1.82) is 5.26 Å². The third kappa shape index (κ3) is 4.82. The van der Waals surface area contributed by atoms with E-state index in [9.17, 15) is 14.9 Å². The fourth-order valence-corrected chi connectivity index (χ4v) is 3.61. The quantitative estimate of drug-likeness (QED) is 0.691. The molecule has 1 saturated heterocycles. The summed E-state index contributed by atoms with van der Waals surface area (Å²) in [4.78, 5) is 28.8. The molecule has 3 aromatic rings. The molecule has 1 fully saturated rings. The highest BCUT2D eigenvalue weighted by atomic mass is 16.3. The molecule has 1 aliphatic rings. The lowest BCUT2D eigenvalue weighted by atomic mass is 10.1. The van der Waals surface area contributed by atoms with E-state index >= 15 is 0 Å². The van der Waals surface area contributed by atoms with E-state index in [2.05, 4.69) is 16.3 Å². The Morgan fingerprint density at radius 3 is 2.48 bits per heavy atom. The highest BCUT2D eigenvalue weighted by Gasteiger charge is 2.30. The predicted molar refractivity (Wildman–Crippen MR) is 115 cm³/mol. The third-order valence-electron chi connectivity index (χ3n) is 5.29. The standard InChI is InChI=1S/C24H22N4O3/c25-15-21-17-28(13-12-27(21)16-18-5-2-1-3-6-18)24(30)19-8-10-20(11-9-19)26-23(29)22-7-4-14-31-22/h1-11,14,21H,12-13,16-17H2,(H,26,29). The van der Waals surface area contributed by atoms with Gasteiger partial charge >= 0.3 is 0 Å². The Labute approximate surface area is 180 Å². The molecule has 2 amide bonds. The molecule has 7 heteroatoms. The minimum Gasteiger partial charge on any atom is -0.459 e. The average Bonchev–Trinajstić information content (AvgIpc) is 3.35. The molecule has 1 N–H and O–H groups in total. The first-order chi connectivity index (χ1) is 15.1. The van der Waals surface area contributed by atoms with E-state index in [0.29, 0.717) is 37.4 Å². The zero-order valence-electron chi connectivity index (χ0n) is 16.9. The number of nitrogens with zero attached hydrogens (tertiary/aromatic N) is 3. The topological polar surface area (TPSA) is 89.6 Å². The van der Waals surface area contributed by atoms with Crippen LogP contribution in [-0.2, 0) is 6.54 Å². The normalized spacial score (nSPS) is 16.5. The van der Waals surface area contributed by atoms with E-state index < -0.39 is 0 Å². The summed E-state index contributed by atoms with van der Waals surface area (Å²) in [6.07, 6.45) is 1.44. The molecule has 31 heavy (non-hydrogen) atoms. The molecule has 0 bridgehead atoms. The maximum absolute atomic E-state index is 12.9. The monoisotopic (exact) mass is 414 g/mol. The average molecular weight is 414 g/mol. The molecule has 1 unspecified atom stereocenters. The largest absolute Gasteiger partial charge is 0.459 e. The molecule has 1 aromatic heterocycles. The Balaban J connectivity index is 1.37. The third-order valence-corrected chi connectivity index (χ3v) is 5.29. The number of furan rings is 1. The molecule has 1 aliphatic heterocycles. The first kappa shape index (κ1) is 20.4. The molecule has 2 heterocycles. The van der Waals surface area contributed by atoms with Gasteiger partial charge in [-0.1, -0.05) is 30.3 Å². The van der Waals surface area contributed by atoms with Crippen LogP contribution in [0.2, 0.25) is 0 Å². The number of hydrogen-bond donors (Lipinski definition) is 1. The summed E-state index contributed by atoms with van der Waals surface area (Å²) in [5.74, 6) is -0.255. The molecule has 0 spiro atoms. The van der Waals surface area contributed by atoms with Crippen LogP contribution in [-0.4, -0.2) is 47.3 Å². The van der Waals surface area contributed by atoms with E-state index in [4.69, 9.17) is 4.42 Å². The second-order valence-corrected chi connectivity index (χ2v) is 7.36. The number of benzene rings is 2. The summed E-state index contributed by atoms with van der Waals surface area (Å²) in [5, 5.41) is 12.4. The van der Waals surface area contributed by atoms with Gasteiger partial charge in [-0.05, 0) is 42.0 Å². The van der Waals surface area contributed by atoms with Gasteiger partial charge in [0.15, 0.2) is 5.76 Å². The van der Waals surface area contributed by atoms with Crippen LogP contribution in [0.1, 0.15) is 26.5 Å². The van der Waals surface area contributed by atoms with Gasteiger partial charge in [-0.3, -0.25) is 14.5 Å². The molecule has 1 atom stereocenters. The number of nitriles is 1. The number of amides is 2. The van der Waals surface area contributed by atoms with Crippen molar-refractivity contribution < 1.29 is 14.0 Å². The second kappa shape index (κ2) is 9.28. The van der Waals surface area contributed by atoms with Gasteiger partial charge in [0.25, 0.3) is 11.8 Å². The van der Waals surface area contributed by atoms with Crippen molar-refractivity contribution in [3.8, 4) is 6.07 Å². The Hall–Kier alpha value is -3.89. The molecule has 0 aliphatic carbocycles. The van der Waals surface area contributed by atoms with Gasteiger partial charge in [0.1, 0.15) is 6.04 Å². The van der Waals surface area contributed by atoms with Gasteiger partial charge in [-0.25, -0.2) is 0 Å². The summed E-state index contributed by atoms with van der Waals surface area (Å²) >= 11 is 0. The molecule has 2 aromatic carbocycles. The Morgan fingerprint density at radius 2 is 1.81 bits per heavy atom. The number of carbonyl (C=O) groups is 2. The Kier molecular flexibility index (Phi) is 6.11. The van der Waals surface area contributed by atoms with Crippen LogP contribution in [0.25, 0.3) is 0 Å².